The first-order valence-corrected chi connectivity index (χ1v) is 10.6. The zero-order valence-electron chi connectivity index (χ0n) is 17.7. The van der Waals surface area contributed by atoms with Crippen LogP contribution in [0, 0.1) is 6.92 Å². The van der Waals surface area contributed by atoms with Gasteiger partial charge in [-0.1, -0.05) is 48.6 Å². The molecule has 0 amide bonds. The molecule has 0 bridgehead atoms. The van der Waals surface area contributed by atoms with E-state index in [-0.39, 0.29) is 0 Å². The third-order valence-electron chi connectivity index (χ3n) is 5.31. The molecule has 1 aliphatic heterocycles. The van der Waals surface area contributed by atoms with Crippen LogP contribution < -0.4 is 4.90 Å². The standard InChI is InChI=1S/C25H29N3O2/c1-3-29-16-4-5-20-6-8-22(9-7-20)25-26-19(2)24(27-25)21-10-12-23(13-11-21)28-14-17-30-18-15-28/h4-13H,3,14-18H2,1-2H3,(H,26,27). The Morgan fingerprint density at radius 2 is 1.73 bits per heavy atom. The van der Waals surface area contributed by atoms with Crippen LogP contribution in [0.15, 0.2) is 54.6 Å². The Bertz CT molecular complexity index is 969. The highest BCUT2D eigenvalue weighted by Gasteiger charge is 2.13. The first-order valence-electron chi connectivity index (χ1n) is 10.6. The zero-order valence-corrected chi connectivity index (χ0v) is 17.7. The number of nitrogens with zero attached hydrogens (tertiary/aromatic N) is 2. The number of ether oxygens (including phenoxy) is 2. The molecule has 5 nitrogen and oxygen atoms in total. The number of hydrogen-bond donors (Lipinski definition) is 1. The van der Waals surface area contributed by atoms with Gasteiger partial charge in [-0.05, 0) is 31.5 Å². The van der Waals surface area contributed by atoms with Gasteiger partial charge in [0.05, 0.1) is 25.5 Å². The SMILES string of the molecule is CCOCC=Cc1ccc(-c2nc(-c3ccc(N4CCOCC4)cc3)c(C)[nH]2)cc1. The number of imidazole rings is 1. The summed E-state index contributed by atoms with van der Waals surface area (Å²) < 4.78 is 10.8. The largest absolute Gasteiger partial charge is 0.378 e. The van der Waals surface area contributed by atoms with Crippen LogP contribution in [0.3, 0.4) is 0 Å². The third kappa shape index (κ3) is 4.81. The normalized spacial score (nSPS) is 14.5. The number of anilines is 1. The van der Waals surface area contributed by atoms with Crippen LogP contribution >= 0.6 is 0 Å². The number of H-pyrrole nitrogens is 1. The van der Waals surface area contributed by atoms with Gasteiger partial charge < -0.3 is 19.4 Å². The Morgan fingerprint density at radius 1 is 1.03 bits per heavy atom. The third-order valence-corrected chi connectivity index (χ3v) is 5.31. The van der Waals surface area contributed by atoms with Crippen molar-refractivity contribution >= 4 is 11.8 Å². The Balaban J connectivity index is 1.48. The number of aryl methyl sites for hydroxylation is 1. The number of rotatable bonds is 7. The maximum atomic E-state index is 5.45. The van der Waals surface area contributed by atoms with Crippen LogP contribution in [-0.2, 0) is 9.47 Å². The van der Waals surface area contributed by atoms with Crippen molar-refractivity contribution in [1.82, 2.24) is 9.97 Å². The van der Waals surface area contributed by atoms with Crippen molar-refractivity contribution in [2.24, 2.45) is 0 Å². The molecule has 1 fully saturated rings. The van der Waals surface area contributed by atoms with Crippen molar-refractivity contribution in [1.29, 1.82) is 0 Å². The average Bonchev–Trinajstić information content (AvgIpc) is 3.19. The van der Waals surface area contributed by atoms with E-state index >= 15 is 0 Å². The highest BCUT2D eigenvalue weighted by atomic mass is 16.5. The van der Waals surface area contributed by atoms with E-state index in [0.29, 0.717) is 6.61 Å². The number of aromatic amines is 1. The van der Waals surface area contributed by atoms with Gasteiger partial charge in [-0.2, -0.15) is 0 Å². The second-order valence-electron chi connectivity index (χ2n) is 7.39. The summed E-state index contributed by atoms with van der Waals surface area (Å²) in [7, 11) is 0. The second kappa shape index (κ2) is 9.74. The molecule has 0 aliphatic carbocycles. The van der Waals surface area contributed by atoms with Crippen LogP contribution in [0.2, 0.25) is 0 Å². The fourth-order valence-electron chi connectivity index (χ4n) is 3.65. The molecule has 2 aromatic carbocycles. The van der Waals surface area contributed by atoms with Crippen LogP contribution in [0.5, 0.6) is 0 Å². The highest BCUT2D eigenvalue weighted by molar-refractivity contribution is 5.69. The quantitative estimate of drug-likeness (QED) is 0.568. The fourth-order valence-corrected chi connectivity index (χ4v) is 3.65. The van der Waals surface area contributed by atoms with Gasteiger partial charge in [-0.3, -0.25) is 0 Å². The van der Waals surface area contributed by atoms with Crippen LogP contribution in [0.1, 0.15) is 18.2 Å². The van der Waals surface area contributed by atoms with Gasteiger partial charge in [-0.25, -0.2) is 4.98 Å². The highest BCUT2D eigenvalue weighted by Crippen LogP contribution is 2.28. The van der Waals surface area contributed by atoms with E-state index in [1.54, 1.807) is 0 Å². The van der Waals surface area contributed by atoms with E-state index in [0.717, 1.165) is 66.8 Å². The summed E-state index contributed by atoms with van der Waals surface area (Å²) in [6.45, 7) is 8.94. The van der Waals surface area contributed by atoms with E-state index < -0.39 is 0 Å². The minimum Gasteiger partial charge on any atom is -0.378 e. The van der Waals surface area contributed by atoms with Crippen molar-refractivity contribution in [2.75, 3.05) is 44.4 Å². The lowest BCUT2D eigenvalue weighted by molar-refractivity contribution is 0.122. The van der Waals surface area contributed by atoms with E-state index in [4.69, 9.17) is 14.5 Å². The predicted molar refractivity (Wildman–Crippen MR) is 123 cm³/mol. The van der Waals surface area contributed by atoms with E-state index in [1.807, 2.05) is 13.0 Å². The van der Waals surface area contributed by atoms with Crippen molar-refractivity contribution in [2.45, 2.75) is 13.8 Å². The maximum Gasteiger partial charge on any atom is 0.138 e. The molecule has 4 rings (SSSR count). The summed E-state index contributed by atoms with van der Waals surface area (Å²) in [6.07, 6.45) is 4.11. The zero-order chi connectivity index (χ0) is 20.8. The van der Waals surface area contributed by atoms with Gasteiger partial charge in [0.15, 0.2) is 0 Å². The van der Waals surface area contributed by atoms with Gasteiger partial charge in [0.1, 0.15) is 5.82 Å². The minimum atomic E-state index is 0.642. The summed E-state index contributed by atoms with van der Waals surface area (Å²) in [4.78, 5) is 10.7. The first kappa shape index (κ1) is 20.4. The molecular formula is C25H29N3O2. The Hall–Kier alpha value is -2.89. The van der Waals surface area contributed by atoms with Gasteiger partial charge in [0.25, 0.3) is 0 Å². The molecule has 1 saturated heterocycles. The lowest BCUT2D eigenvalue weighted by Gasteiger charge is -2.28. The van der Waals surface area contributed by atoms with Crippen LogP contribution in [-0.4, -0.2) is 49.5 Å². The molecule has 0 atom stereocenters. The smallest absolute Gasteiger partial charge is 0.138 e. The fraction of sp³-hybridized carbons (Fsp3) is 0.320. The van der Waals surface area contributed by atoms with Crippen LogP contribution in [0.25, 0.3) is 28.7 Å². The van der Waals surface area contributed by atoms with Crippen molar-refractivity contribution in [3.63, 3.8) is 0 Å². The molecule has 2 heterocycles. The molecule has 1 aliphatic rings. The average molecular weight is 404 g/mol. The molecule has 3 aromatic rings. The van der Waals surface area contributed by atoms with E-state index in [2.05, 4.69) is 71.4 Å². The molecule has 5 heteroatoms. The van der Waals surface area contributed by atoms with E-state index in [1.165, 1.54) is 5.69 Å². The molecule has 1 N–H and O–H groups in total. The van der Waals surface area contributed by atoms with E-state index in [9.17, 15) is 0 Å². The number of hydrogen-bond acceptors (Lipinski definition) is 4. The van der Waals surface area contributed by atoms with Gasteiger partial charge in [0.2, 0.25) is 0 Å². The summed E-state index contributed by atoms with van der Waals surface area (Å²) in [5.74, 6) is 0.893. The number of nitrogens with one attached hydrogen (secondary N) is 1. The molecule has 156 valence electrons. The Kier molecular flexibility index (Phi) is 6.62. The summed E-state index contributed by atoms with van der Waals surface area (Å²) in [5, 5.41) is 0. The predicted octanol–water partition coefficient (Wildman–Crippen LogP) is 4.94. The monoisotopic (exact) mass is 403 g/mol. The topological polar surface area (TPSA) is 50.4 Å². The lowest BCUT2D eigenvalue weighted by Crippen LogP contribution is -2.36. The number of aromatic nitrogens is 2. The number of morpholine rings is 1. The number of benzene rings is 2. The van der Waals surface area contributed by atoms with Crippen molar-refractivity contribution < 1.29 is 9.47 Å². The molecule has 0 unspecified atom stereocenters. The van der Waals surface area contributed by atoms with Gasteiger partial charge >= 0.3 is 0 Å². The molecule has 30 heavy (non-hydrogen) atoms. The maximum absolute atomic E-state index is 5.45. The van der Waals surface area contributed by atoms with Gasteiger partial charge in [-0.15, -0.1) is 0 Å². The molecule has 0 radical (unpaired) electrons. The van der Waals surface area contributed by atoms with Crippen molar-refractivity contribution in [3.05, 3.63) is 65.9 Å². The summed E-state index contributed by atoms with van der Waals surface area (Å²) in [5.41, 5.74) is 6.67. The lowest BCUT2D eigenvalue weighted by atomic mass is 10.1. The summed E-state index contributed by atoms with van der Waals surface area (Å²) >= 11 is 0. The molecule has 0 saturated carbocycles. The Morgan fingerprint density at radius 3 is 2.43 bits per heavy atom. The van der Waals surface area contributed by atoms with Crippen molar-refractivity contribution in [3.8, 4) is 22.6 Å². The van der Waals surface area contributed by atoms with Crippen LogP contribution in [0.4, 0.5) is 5.69 Å². The Labute approximate surface area is 178 Å². The first-order chi connectivity index (χ1) is 14.7. The second-order valence-corrected chi connectivity index (χ2v) is 7.39. The molecule has 0 spiro atoms. The summed E-state index contributed by atoms with van der Waals surface area (Å²) in [6, 6.07) is 17.1. The van der Waals surface area contributed by atoms with Gasteiger partial charge in [0, 0.05) is 42.2 Å². The molecule has 1 aromatic heterocycles. The molecular weight excluding hydrogens is 374 g/mol. The minimum absolute atomic E-state index is 0.642.